The maximum atomic E-state index is 12.3. The molecule has 0 aliphatic rings. The maximum absolute atomic E-state index is 12.3. The van der Waals surface area contributed by atoms with Gasteiger partial charge < -0.3 is 5.32 Å². The van der Waals surface area contributed by atoms with E-state index >= 15 is 0 Å². The summed E-state index contributed by atoms with van der Waals surface area (Å²) in [6, 6.07) is 20.3. The van der Waals surface area contributed by atoms with Gasteiger partial charge in [0.2, 0.25) is 15.9 Å². The number of hydrogen-bond acceptors (Lipinski definition) is 4. The molecule has 1 aromatic heterocycles. The zero-order chi connectivity index (χ0) is 19.8. The Bertz CT molecular complexity index is 984. The van der Waals surface area contributed by atoms with Crippen LogP contribution < -0.4 is 10.0 Å². The maximum Gasteiger partial charge on any atom is 0.233 e. The molecule has 0 aliphatic heterocycles. The van der Waals surface area contributed by atoms with Crippen molar-refractivity contribution in [3.63, 3.8) is 0 Å². The highest BCUT2D eigenvalue weighted by Crippen LogP contribution is 2.13. The Morgan fingerprint density at radius 2 is 1.64 bits per heavy atom. The number of aryl methyl sites for hydroxylation is 1. The van der Waals surface area contributed by atoms with Crippen LogP contribution in [0.2, 0.25) is 0 Å². The number of thiophene rings is 1. The second-order valence-corrected chi connectivity index (χ2v) is 9.26. The Labute approximate surface area is 169 Å². The van der Waals surface area contributed by atoms with E-state index in [4.69, 9.17) is 0 Å². The number of anilines is 1. The lowest BCUT2D eigenvalue weighted by Crippen LogP contribution is -2.24. The van der Waals surface area contributed by atoms with Gasteiger partial charge in [-0.1, -0.05) is 48.5 Å². The Kier molecular flexibility index (Phi) is 6.84. The minimum Gasteiger partial charge on any atom is -0.351 e. The minimum atomic E-state index is -3.43. The predicted octanol–water partition coefficient (Wildman–Crippen LogP) is 3.59. The molecule has 1 heterocycles. The molecule has 7 heteroatoms. The summed E-state index contributed by atoms with van der Waals surface area (Å²) in [4.78, 5) is 13.1. The van der Waals surface area contributed by atoms with Crippen LogP contribution in [0.25, 0.3) is 0 Å². The van der Waals surface area contributed by atoms with Gasteiger partial charge in [0.05, 0.1) is 18.7 Å². The van der Waals surface area contributed by atoms with Crippen molar-refractivity contribution in [3.05, 3.63) is 88.1 Å². The van der Waals surface area contributed by atoms with Gasteiger partial charge in [-0.2, -0.15) is 0 Å². The number of hydrogen-bond donors (Lipinski definition) is 2. The molecule has 28 heavy (non-hydrogen) atoms. The molecule has 0 bridgehead atoms. The smallest absolute Gasteiger partial charge is 0.233 e. The Hall–Kier alpha value is -2.64. The summed E-state index contributed by atoms with van der Waals surface area (Å²) in [5.74, 6) is -0.0474. The van der Waals surface area contributed by atoms with Crippen molar-refractivity contribution in [3.8, 4) is 0 Å². The fourth-order valence-corrected chi connectivity index (χ4v) is 4.41. The fourth-order valence-electron chi connectivity index (χ4n) is 2.66. The quantitative estimate of drug-likeness (QED) is 0.562. The highest BCUT2D eigenvalue weighted by molar-refractivity contribution is 7.92. The standard InChI is InChI=1S/C21H22N2O3S2/c24-21(22-16-20-7-4-13-27-20)15-18-8-10-19(11-9-18)23-28(25,26)14-12-17-5-2-1-3-6-17/h1-11,13,23H,12,14-16H2,(H,22,24). The Balaban J connectivity index is 1.48. The summed E-state index contributed by atoms with van der Waals surface area (Å²) >= 11 is 1.60. The fraction of sp³-hybridized carbons (Fsp3) is 0.190. The van der Waals surface area contributed by atoms with Gasteiger partial charge in [0.15, 0.2) is 0 Å². The first-order valence-corrected chi connectivity index (χ1v) is 11.5. The lowest BCUT2D eigenvalue weighted by molar-refractivity contribution is -0.120. The van der Waals surface area contributed by atoms with Crippen LogP contribution in [0.5, 0.6) is 0 Å². The van der Waals surface area contributed by atoms with Crippen molar-refractivity contribution in [2.45, 2.75) is 19.4 Å². The van der Waals surface area contributed by atoms with Crippen LogP contribution in [0.15, 0.2) is 72.1 Å². The lowest BCUT2D eigenvalue weighted by atomic mass is 10.1. The van der Waals surface area contributed by atoms with Crippen LogP contribution in [-0.4, -0.2) is 20.1 Å². The minimum absolute atomic E-state index is 0.0177. The summed E-state index contributed by atoms with van der Waals surface area (Å²) in [6.45, 7) is 0.524. The first-order chi connectivity index (χ1) is 13.5. The zero-order valence-corrected chi connectivity index (χ0v) is 16.9. The van der Waals surface area contributed by atoms with Gasteiger partial charge in [-0.15, -0.1) is 11.3 Å². The monoisotopic (exact) mass is 414 g/mol. The SMILES string of the molecule is O=C(Cc1ccc(NS(=O)(=O)CCc2ccccc2)cc1)NCc1cccs1. The van der Waals surface area contributed by atoms with Crippen LogP contribution >= 0.6 is 11.3 Å². The third-order valence-electron chi connectivity index (χ3n) is 4.13. The van der Waals surface area contributed by atoms with Gasteiger partial charge in [-0.25, -0.2) is 8.42 Å². The number of rotatable bonds is 9. The molecule has 3 aromatic rings. The molecule has 3 rings (SSSR count). The molecular formula is C21H22N2O3S2. The molecule has 2 N–H and O–H groups in total. The highest BCUT2D eigenvalue weighted by Gasteiger charge is 2.11. The molecule has 0 radical (unpaired) electrons. The number of sulfonamides is 1. The Morgan fingerprint density at radius 3 is 2.32 bits per heavy atom. The molecule has 0 unspecified atom stereocenters. The normalized spacial score (nSPS) is 11.1. The van der Waals surface area contributed by atoms with Gasteiger partial charge in [-0.3, -0.25) is 9.52 Å². The lowest BCUT2D eigenvalue weighted by Gasteiger charge is -2.09. The summed E-state index contributed by atoms with van der Waals surface area (Å²) in [7, 11) is -3.43. The first kappa shape index (κ1) is 20.1. The number of nitrogens with one attached hydrogen (secondary N) is 2. The number of benzene rings is 2. The van der Waals surface area contributed by atoms with Crippen molar-refractivity contribution < 1.29 is 13.2 Å². The third-order valence-corrected chi connectivity index (χ3v) is 6.30. The topological polar surface area (TPSA) is 75.3 Å². The van der Waals surface area contributed by atoms with Crippen molar-refractivity contribution in [2.24, 2.45) is 0 Å². The van der Waals surface area contributed by atoms with Gasteiger partial charge >= 0.3 is 0 Å². The van der Waals surface area contributed by atoms with Gasteiger partial charge in [-0.05, 0) is 41.1 Å². The number of carbonyl (C=O) groups is 1. The molecule has 0 saturated heterocycles. The highest BCUT2D eigenvalue weighted by atomic mass is 32.2. The van der Waals surface area contributed by atoms with Crippen LogP contribution in [0, 0.1) is 0 Å². The van der Waals surface area contributed by atoms with E-state index in [1.165, 1.54) is 0 Å². The molecule has 5 nitrogen and oxygen atoms in total. The first-order valence-electron chi connectivity index (χ1n) is 8.93. The largest absolute Gasteiger partial charge is 0.351 e. The van der Waals surface area contributed by atoms with Gasteiger partial charge in [0.1, 0.15) is 0 Å². The van der Waals surface area contributed by atoms with Crippen LogP contribution in [-0.2, 0) is 34.2 Å². The van der Waals surface area contributed by atoms with E-state index in [1.54, 1.807) is 35.6 Å². The number of carbonyl (C=O) groups excluding carboxylic acids is 1. The van der Waals surface area contributed by atoms with E-state index in [0.29, 0.717) is 18.7 Å². The molecule has 0 fully saturated rings. The molecular weight excluding hydrogens is 392 g/mol. The molecule has 2 aromatic carbocycles. The summed E-state index contributed by atoms with van der Waals surface area (Å²) in [5, 5.41) is 4.85. The van der Waals surface area contributed by atoms with E-state index in [2.05, 4.69) is 10.0 Å². The molecule has 0 spiro atoms. The van der Waals surface area contributed by atoms with Crippen molar-refractivity contribution in [1.29, 1.82) is 0 Å². The molecule has 0 aliphatic carbocycles. The van der Waals surface area contributed by atoms with Crippen LogP contribution in [0.1, 0.15) is 16.0 Å². The predicted molar refractivity (Wildman–Crippen MR) is 114 cm³/mol. The second-order valence-electron chi connectivity index (χ2n) is 6.39. The zero-order valence-electron chi connectivity index (χ0n) is 15.3. The molecule has 146 valence electrons. The van der Waals surface area contributed by atoms with Gasteiger partial charge in [0.25, 0.3) is 0 Å². The third kappa shape index (κ3) is 6.51. The average Bonchev–Trinajstić information content (AvgIpc) is 3.21. The Morgan fingerprint density at radius 1 is 0.893 bits per heavy atom. The van der Waals surface area contributed by atoms with Crippen molar-refractivity contribution in [2.75, 3.05) is 10.5 Å². The van der Waals surface area contributed by atoms with E-state index in [1.807, 2.05) is 47.8 Å². The summed E-state index contributed by atoms with van der Waals surface area (Å²) in [6.07, 6.45) is 0.713. The van der Waals surface area contributed by atoms with Crippen molar-refractivity contribution in [1.82, 2.24) is 5.32 Å². The van der Waals surface area contributed by atoms with Crippen molar-refractivity contribution >= 4 is 33.0 Å². The van der Waals surface area contributed by atoms with Gasteiger partial charge in [0, 0.05) is 10.6 Å². The van der Waals surface area contributed by atoms with Crippen LogP contribution in [0.3, 0.4) is 0 Å². The average molecular weight is 415 g/mol. The molecule has 1 amide bonds. The molecule has 0 saturated carbocycles. The van der Waals surface area contributed by atoms with E-state index in [9.17, 15) is 13.2 Å². The van der Waals surface area contributed by atoms with E-state index in [0.717, 1.165) is 16.0 Å². The summed E-state index contributed by atoms with van der Waals surface area (Å²) in [5.41, 5.74) is 2.31. The van der Waals surface area contributed by atoms with E-state index in [-0.39, 0.29) is 18.1 Å². The molecule has 0 atom stereocenters. The van der Waals surface area contributed by atoms with E-state index < -0.39 is 10.0 Å². The number of amides is 1. The summed E-state index contributed by atoms with van der Waals surface area (Å²) < 4.78 is 27.1. The second kappa shape index (κ2) is 9.52. The van der Waals surface area contributed by atoms with Crippen LogP contribution in [0.4, 0.5) is 5.69 Å².